The topological polar surface area (TPSA) is 59.2 Å². The Hall–Kier alpha value is -1.20. The van der Waals surface area contributed by atoms with Crippen LogP contribution in [0, 0.1) is 0 Å². The van der Waals surface area contributed by atoms with E-state index in [1.54, 1.807) is 23.4 Å². The quantitative estimate of drug-likeness (QED) is 0.757. The molecule has 1 amide bonds. The molecule has 0 aliphatic heterocycles. The first-order chi connectivity index (χ1) is 7.19. The average molecular weight is 225 g/mol. The third-order valence-corrected chi connectivity index (χ3v) is 2.79. The molecular weight excluding hydrogens is 210 g/mol. The maximum absolute atomic E-state index is 11.7. The smallest absolute Gasteiger partial charge is 0.273 e. The van der Waals surface area contributed by atoms with Crippen LogP contribution in [0.15, 0.2) is 18.0 Å². The van der Waals surface area contributed by atoms with E-state index in [-0.39, 0.29) is 5.91 Å². The summed E-state index contributed by atoms with van der Waals surface area (Å²) in [6.45, 7) is 4.67. The molecule has 15 heavy (non-hydrogen) atoms. The summed E-state index contributed by atoms with van der Waals surface area (Å²) in [5.41, 5.74) is 5.90. The van der Waals surface area contributed by atoms with Crippen LogP contribution in [0.5, 0.6) is 0 Å². The fourth-order valence-electron chi connectivity index (χ4n) is 1.12. The van der Waals surface area contributed by atoms with Crippen molar-refractivity contribution in [1.29, 1.82) is 0 Å². The molecule has 82 valence electrons. The largest absolute Gasteiger partial charge is 0.337 e. The number of amides is 1. The normalized spacial score (nSPS) is 10.0. The van der Waals surface area contributed by atoms with Gasteiger partial charge >= 0.3 is 0 Å². The summed E-state index contributed by atoms with van der Waals surface area (Å²) in [4.78, 5) is 17.5. The second kappa shape index (κ2) is 5.63. The maximum Gasteiger partial charge on any atom is 0.273 e. The summed E-state index contributed by atoms with van der Waals surface area (Å²) in [6, 6.07) is 0. The minimum atomic E-state index is -0.0746. The molecule has 0 fully saturated rings. The highest BCUT2D eigenvalue weighted by atomic mass is 32.1. The third kappa shape index (κ3) is 3.14. The van der Waals surface area contributed by atoms with E-state index in [0.717, 1.165) is 11.4 Å². The second-order valence-corrected chi connectivity index (χ2v) is 4.08. The van der Waals surface area contributed by atoms with Gasteiger partial charge in [-0.05, 0) is 6.54 Å². The second-order valence-electron chi connectivity index (χ2n) is 3.14. The zero-order chi connectivity index (χ0) is 11.3. The molecule has 0 radical (unpaired) electrons. The van der Waals surface area contributed by atoms with Gasteiger partial charge in [0, 0.05) is 25.4 Å². The van der Waals surface area contributed by atoms with Crippen LogP contribution in [0.4, 0.5) is 0 Å². The van der Waals surface area contributed by atoms with Gasteiger partial charge in [-0.2, -0.15) is 0 Å². The molecule has 5 heteroatoms. The van der Waals surface area contributed by atoms with E-state index < -0.39 is 0 Å². The Bertz CT molecular complexity index is 348. The number of nitrogens with two attached hydrogens (primary N) is 1. The minimum absolute atomic E-state index is 0.0746. The van der Waals surface area contributed by atoms with E-state index in [1.807, 2.05) is 0 Å². The molecule has 0 spiro atoms. The maximum atomic E-state index is 11.7. The number of carbonyl (C=O) groups excluding carboxylic acids is 1. The van der Waals surface area contributed by atoms with Crippen LogP contribution in [-0.2, 0) is 6.42 Å². The van der Waals surface area contributed by atoms with Gasteiger partial charge in [0.2, 0.25) is 0 Å². The van der Waals surface area contributed by atoms with Crippen molar-refractivity contribution in [1.82, 2.24) is 9.88 Å². The van der Waals surface area contributed by atoms with E-state index in [9.17, 15) is 4.79 Å². The minimum Gasteiger partial charge on any atom is -0.337 e. The molecule has 0 aliphatic rings. The molecule has 1 heterocycles. The van der Waals surface area contributed by atoms with Crippen LogP contribution in [0.3, 0.4) is 0 Å². The Kier molecular flexibility index (Phi) is 4.45. The molecule has 0 atom stereocenters. The molecule has 0 unspecified atom stereocenters. The lowest BCUT2D eigenvalue weighted by Crippen LogP contribution is -2.26. The number of hydrogen-bond acceptors (Lipinski definition) is 4. The van der Waals surface area contributed by atoms with Crippen molar-refractivity contribution in [2.24, 2.45) is 5.73 Å². The van der Waals surface area contributed by atoms with E-state index >= 15 is 0 Å². The van der Waals surface area contributed by atoms with Crippen LogP contribution >= 0.6 is 11.3 Å². The van der Waals surface area contributed by atoms with Gasteiger partial charge in [-0.15, -0.1) is 17.9 Å². The Balaban J connectivity index is 2.69. The van der Waals surface area contributed by atoms with E-state index in [0.29, 0.717) is 18.8 Å². The monoisotopic (exact) mass is 225 g/mol. The zero-order valence-corrected chi connectivity index (χ0v) is 9.59. The lowest BCUT2D eigenvalue weighted by Gasteiger charge is -2.12. The molecule has 0 aromatic carbocycles. The first kappa shape index (κ1) is 11.9. The highest BCUT2D eigenvalue weighted by Crippen LogP contribution is 2.11. The number of likely N-dealkylation sites (N-methyl/N-ethyl adjacent to an activating group) is 1. The van der Waals surface area contributed by atoms with Gasteiger partial charge in [0.1, 0.15) is 5.69 Å². The van der Waals surface area contributed by atoms with Gasteiger partial charge in [-0.3, -0.25) is 4.79 Å². The molecule has 0 saturated heterocycles. The predicted octanol–water partition coefficient (Wildman–Crippen LogP) is 0.902. The Labute approximate surface area is 93.4 Å². The van der Waals surface area contributed by atoms with Crippen LogP contribution in [0.1, 0.15) is 15.5 Å². The SMILES string of the molecule is C=CCN(C)C(=O)c1csc(CCN)n1. The van der Waals surface area contributed by atoms with Gasteiger partial charge in [-0.1, -0.05) is 6.08 Å². The summed E-state index contributed by atoms with van der Waals surface area (Å²) in [5, 5.41) is 2.68. The first-order valence-corrected chi connectivity index (χ1v) is 5.57. The van der Waals surface area contributed by atoms with E-state index in [2.05, 4.69) is 11.6 Å². The molecule has 2 N–H and O–H groups in total. The molecule has 1 rings (SSSR count). The summed E-state index contributed by atoms with van der Waals surface area (Å²) in [5.74, 6) is -0.0746. The summed E-state index contributed by atoms with van der Waals surface area (Å²) >= 11 is 1.47. The molecule has 1 aromatic rings. The van der Waals surface area contributed by atoms with Crippen molar-refractivity contribution in [2.45, 2.75) is 6.42 Å². The lowest BCUT2D eigenvalue weighted by molar-refractivity contribution is 0.0805. The van der Waals surface area contributed by atoms with Crippen LogP contribution in [0.2, 0.25) is 0 Å². The Morgan fingerprint density at radius 2 is 2.53 bits per heavy atom. The van der Waals surface area contributed by atoms with Crippen LogP contribution < -0.4 is 5.73 Å². The van der Waals surface area contributed by atoms with Crippen LogP contribution in [-0.4, -0.2) is 35.9 Å². The third-order valence-electron chi connectivity index (χ3n) is 1.88. The predicted molar refractivity (Wildman–Crippen MR) is 62.0 cm³/mol. The summed E-state index contributed by atoms with van der Waals surface area (Å²) in [6.07, 6.45) is 2.41. The van der Waals surface area contributed by atoms with Crippen molar-refractivity contribution < 1.29 is 4.79 Å². The molecule has 0 aliphatic carbocycles. The van der Waals surface area contributed by atoms with Gasteiger partial charge < -0.3 is 10.6 Å². The number of aromatic nitrogens is 1. The number of carbonyl (C=O) groups is 1. The Morgan fingerprint density at radius 3 is 3.13 bits per heavy atom. The standard InChI is InChI=1S/C10H15N3OS/c1-3-6-13(2)10(14)8-7-15-9(12-8)4-5-11/h3,7H,1,4-6,11H2,2H3. The van der Waals surface area contributed by atoms with Crippen molar-refractivity contribution in [2.75, 3.05) is 20.1 Å². The Morgan fingerprint density at radius 1 is 1.80 bits per heavy atom. The van der Waals surface area contributed by atoms with Gasteiger partial charge in [0.25, 0.3) is 5.91 Å². The van der Waals surface area contributed by atoms with Crippen molar-refractivity contribution in [3.63, 3.8) is 0 Å². The average Bonchev–Trinajstić information content (AvgIpc) is 2.66. The molecule has 1 aromatic heterocycles. The van der Waals surface area contributed by atoms with Gasteiger partial charge in [-0.25, -0.2) is 4.98 Å². The summed E-state index contributed by atoms with van der Waals surface area (Å²) in [7, 11) is 1.73. The fourth-order valence-corrected chi connectivity index (χ4v) is 1.91. The number of thiazole rings is 1. The summed E-state index contributed by atoms with van der Waals surface area (Å²) < 4.78 is 0. The van der Waals surface area contributed by atoms with Crippen molar-refractivity contribution in [3.8, 4) is 0 Å². The molecule has 4 nitrogen and oxygen atoms in total. The van der Waals surface area contributed by atoms with Crippen molar-refractivity contribution in [3.05, 3.63) is 28.7 Å². The van der Waals surface area contributed by atoms with E-state index in [1.165, 1.54) is 11.3 Å². The van der Waals surface area contributed by atoms with Gasteiger partial charge in [0.15, 0.2) is 0 Å². The lowest BCUT2D eigenvalue weighted by atomic mass is 10.4. The first-order valence-electron chi connectivity index (χ1n) is 4.70. The number of hydrogen-bond donors (Lipinski definition) is 1. The highest BCUT2D eigenvalue weighted by molar-refractivity contribution is 7.09. The number of rotatable bonds is 5. The van der Waals surface area contributed by atoms with Gasteiger partial charge in [0.05, 0.1) is 5.01 Å². The zero-order valence-electron chi connectivity index (χ0n) is 8.77. The molecular formula is C10H15N3OS. The highest BCUT2D eigenvalue weighted by Gasteiger charge is 2.13. The van der Waals surface area contributed by atoms with Crippen molar-refractivity contribution >= 4 is 17.2 Å². The number of nitrogens with zero attached hydrogens (tertiary/aromatic N) is 2. The molecule has 0 saturated carbocycles. The fraction of sp³-hybridized carbons (Fsp3) is 0.400. The van der Waals surface area contributed by atoms with E-state index in [4.69, 9.17) is 5.73 Å². The molecule has 0 bridgehead atoms. The van der Waals surface area contributed by atoms with Crippen LogP contribution in [0.25, 0.3) is 0 Å².